The molecule has 2 N–H and O–H groups in total. The van der Waals surface area contributed by atoms with Gasteiger partial charge in [-0.1, -0.05) is 12.1 Å². The summed E-state index contributed by atoms with van der Waals surface area (Å²) in [6.07, 6.45) is 0.911. The molecule has 0 spiro atoms. The van der Waals surface area contributed by atoms with E-state index < -0.39 is 0 Å². The molecular formula is C12H15IN2O. The Bertz CT molecular complexity index is 419. The summed E-state index contributed by atoms with van der Waals surface area (Å²) in [4.78, 5) is 14.1. The van der Waals surface area contributed by atoms with Gasteiger partial charge in [-0.2, -0.15) is 0 Å². The predicted octanol–water partition coefficient (Wildman–Crippen LogP) is 1.77. The van der Waals surface area contributed by atoms with Crippen molar-refractivity contribution in [2.75, 3.05) is 13.1 Å². The first-order chi connectivity index (χ1) is 7.59. The lowest BCUT2D eigenvalue weighted by Gasteiger charge is -2.17. The first-order valence-corrected chi connectivity index (χ1v) is 6.47. The zero-order valence-electron chi connectivity index (χ0n) is 9.24. The van der Waals surface area contributed by atoms with Crippen molar-refractivity contribution >= 4 is 28.5 Å². The van der Waals surface area contributed by atoms with Crippen LogP contribution in [0.5, 0.6) is 0 Å². The topological polar surface area (TPSA) is 46.3 Å². The molecule has 2 rings (SSSR count). The third-order valence-corrected chi connectivity index (χ3v) is 4.37. The van der Waals surface area contributed by atoms with Gasteiger partial charge in [0.05, 0.1) is 5.56 Å². The minimum atomic E-state index is 0.112. The van der Waals surface area contributed by atoms with Crippen molar-refractivity contribution in [1.82, 2.24) is 4.90 Å². The summed E-state index contributed by atoms with van der Waals surface area (Å²) < 4.78 is 1.05. The molecule has 0 aromatic heterocycles. The van der Waals surface area contributed by atoms with Gasteiger partial charge >= 0.3 is 0 Å². The average Bonchev–Trinajstić information content (AvgIpc) is 2.68. The van der Waals surface area contributed by atoms with Gasteiger partial charge in [-0.15, -0.1) is 0 Å². The molecule has 1 aliphatic heterocycles. The molecule has 0 saturated carbocycles. The molecule has 3 nitrogen and oxygen atoms in total. The number of hydrogen-bond donors (Lipinski definition) is 1. The van der Waals surface area contributed by atoms with Crippen molar-refractivity contribution in [3.63, 3.8) is 0 Å². The van der Waals surface area contributed by atoms with Gasteiger partial charge in [-0.25, -0.2) is 0 Å². The summed E-state index contributed by atoms with van der Waals surface area (Å²) in [5.41, 5.74) is 7.76. The minimum absolute atomic E-state index is 0.112. The zero-order chi connectivity index (χ0) is 11.7. The first kappa shape index (κ1) is 11.9. The van der Waals surface area contributed by atoms with Crippen LogP contribution in [-0.4, -0.2) is 29.9 Å². The number of hydrogen-bond acceptors (Lipinski definition) is 2. The molecule has 1 fully saturated rings. The molecule has 0 radical (unpaired) electrons. The van der Waals surface area contributed by atoms with Crippen LogP contribution in [0.3, 0.4) is 0 Å². The van der Waals surface area contributed by atoms with E-state index in [1.807, 2.05) is 30.0 Å². The molecule has 0 unspecified atom stereocenters. The lowest BCUT2D eigenvalue weighted by atomic mass is 10.1. The quantitative estimate of drug-likeness (QED) is 0.798. The van der Waals surface area contributed by atoms with Crippen LogP contribution in [0.4, 0.5) is 0 Å². The Morgan fingerprint density at radius 2 is 2.31 bits per heavy atom. The largest absolute Gasteiger partial charge is 0.337 e. The molecular weight excluding hydrogens is 315 g/mol. The summed E-state index contributed by atoms with van der Waals surface area (Å²) in [5.74, 6) is 0.112. The zero-order valence-corrected chi connectivity index (χ0v) is 11.4. The van der Waals surface area contributed by atoms with Crippen LogP contribution in [0.25, 0.3) is 0 Å². The molecule has 1 aliphatic rings. The van der Waals surface area contributed by atoms with E-state index in [2.05, 4.69) is 22.6 Å². The average molecular weight is 330 g/mol. The Labute approximate surface area is 109 Å². The Kier molecular flexibility index (Phi) is 3.49. The Morgan fingerprint density at radius 3 is 2.94 bits per heavy atom. The molecule has 1 heterocycles. The van der Waals surface area contributed by atoms with E-state index in [1.54, 1.807) is 0 Å². The lowest BCUT2D eigenvalue weighted by Crippen LogP contribution is -2.32. The predicted molar refractivity (Wildman–Crippen MR) is 72.4 cm³/mol. The van der Waals surface area contributed by atoms with Crippen LogP contribution < -0.4 is 5.73 Å². The number of rotatable bonds is 1. The van der Waals surface area contributed by atoms with Crippen molar-refractivity contribution in [3.8, 4) is 0 Å². The van der Waals surface area contributed by atoms with Gasteiger partial charge in [-0.3, -0.25) is 4.79 Å². The number of halogens is 1. The smallest absolute Gasteiger partial charge is 0.254 e. The van der Waals surface area contributed by atoms with Gasteiger partial charge in [0.25, 0.3) is 5.91 Å². The van der Waals surface area contributed by atoms with Gasteiger partial charge in [-0.05, 0) is 47.6 Å². The fourth-order valence-corrected chi connectivity index (χ4v) is 2.54. The second kappa shape index (κ2) is 4.71. The Hall–Kier alpha value is -0.620. The van der Waals surface area contributed by atoms with E-state index in [9.17, 15) is 4.79 Å². The number of nitrogens with zero attached hydrogens (tertiary/aromatic N) is 1. The maximum Gasteiger partial charge on any atom is 0.254 e. The monoisotopic (exact) mass is 330 g/mol. The molecule has 1 saturated heterocycles. The minimum Gasteiger partial charge on any atom is -0.337 e. The molecule has 1 aromatic rings. The standard InChI is InChI=1S/C12H15IN2O/c1-8-3-2-4-10(11(8)13)12(16)15-6-5-9(14)7-15/h2-4,9H,5-7,14H2,1H3/t9-/m1/s1. The molecule has 1 atom stereocenters. The van der Waals surface area contributed by atoms with Crippen molar-refractivity contribution in [1.29, 1.82) is 0 Å². The van der Waals surface area contributed by atoms with E-state index in [1.165, 1.54) is 0 Å². The third kappa shape index (κ3) is 2.22. The number of benzene rings is 1. The van der Waals surface area contributed by atoms with E-state index >= 15 is 0 Å². The number of aryl methyl sites for hydroxylation is 1. The van der Waals surface area contributed by atoms with Gasteiger partial charge in [0, 0.05) is 22.7 Å². The summed E-state index contributed by atoms with van der Waals surface area (Å²) in [6.45, 7) is 3.49. The van der Waals surface area contributed by atoms with Gasteiger partial charge in [0.1, 0.15) is 0 Å². The number of likely N-dealkylation sites (tertiary alicyclic amines) is 1. The fraction of sp³-hybridized carbons (Fsp3) is 0.417. The van der Waals surface area contributed by atoms with Crippen LogP contribution in [0, 0.1) is 10.5 Å². The molecule has 16 heavy (non-hydrogen) atoms. The van der Waals surface area contributed by atoms with Crippen LogP contribution in [0.1, 0.15) is 22.3 Å². The van der Waals surface area contributed by atoms with Gasteiger partial charge in [0.2, 0.25) is 0 Å². The van der Waals surface area contributed by atoms with E-state index in [4.69, 9.17) is 5.73 Å². The SMILES string of the molecule is Cc1cccc(C(=O)N2CC[C@@H](N)C2)c1I. The Morgan fingerprint density at radius 1 is 1.56 bits per heavy atom. The highest BCUT2D eigenvalue weighted by Gasteiger charge is 2.25. The molecule has 1 amide bonds. The van der Waals surface area contributed by atoms with Crippen molar-refractivity contribution in [2.24, 2.45) is 5.73 Å². The molecule has 86 valence electrons. The summed E-state index contributed by atoms with van der Waals surface area (Å²) >= 11 is 2.23. The maximum atomic E-state index is 12.2. The highest BCUT2D eigenvalue weighted by molar-refractivity contribution is 14.1. The van der Waals surface area contributed by atoms with E-state index in [0.29, 0.717) is 6.54 Å². The fourth-order valence-electron chi connectivity index (χ4n) is 1.95. The van der Waals surface area contributed by atoms with Crippen LogP contribution in [0.2, 0.25) is 0 Å². The highest BCUT2D eigenvalue weighted by atomic mass is 127. The van der Waals surface area contributed by atoms with Crippen LogP contribution in [-0.2, 0) is 0 Å². The van der Waals surface area contributed by atoms with E-state index in [0.717, 1.165) is 27.7 Å². The summed E-state index contributed by atoms with van der Waals surface area (Å²) in [7, 11) is 0. The van der Waals surface area contributed by atoms with Crippen molar-refractivity contribution in [3.05, 3.63) is 32.9 Å². The molecule has 0 aliphatic carbocycles. The summed E-state index contributed by atoms with van der Waals surface area (Å²) in [6, 6.07) is 5.99. The third-order valence-electron chi connectivity index (χ3n) is 2.93. The number of carbonyl (C=O) groups excluding carboxylic acids is 1. The van der Waals surface area contributed by atoms with Gasteiger partial charge < -0.3 is 10.6 Å². The summed E-state index contributed by atoms with van der Waals surface area (Å²) in [5, 5.41) is 0. The van der Waals surface area contributed by atoms with Gasteiger partial charge in [0.15, 0.2) is 0 Å². The first-order valence-electron chi connectivity index (χ1n) is 5.39. The molecule has 0 bridgehead atoms. The number of nitrogens with two attached hydrogens (primary N) is 1. The molecule has 1 aromatic carbocycles. The highest BCUT2D eigenvalue weighted by Crippen LogP contribution is 2.20. The molecule has 4 heteroatoms. The second-order valence-electron chi connectivity index (χ2n) is 4.24. The second-order valence-corrected chi connectivity index (χ2v) is 5.32. The van der Waals surface area contributed by atoms with E-state index in [-0.39, 0.29) is 11.9 Å². The normalized spacial score (nSPS) is 20.2. The van der Waals surface area contributed by atoms with Crippen molar-refractivity contribution in [2.45, 2.75) is 19.4 Å². The maximum absolute atomic E-state index is 12.2. The lowest BCUT2D eigenvalue weighted by molar-refractivity contribution is 0.0789. The number of carbonyl (C=O) groups is 1. The number of amides is 1. The Balaban J connectivity index is 2.24. The van der Waals surface area contributed by atoms with Crippen molar-refractivity contribution < 1.29 is 4.79 Å². The van der Waals surface area contributed by atoms with Crippen LogP contribution in [0.15, 0.2) is 18.2 Å². The van der Waals surface area contributed by atoms with Crippen LogP contribution >= 0.6 is 22.6 Å².